The monoisotopic (exact) mass is 534 g/mol. The second kappa shape index (κ2) is 10.00. The van der Waals surface area contributed by atoms with E-state index in [9.17, 15) is 36.2 Å². The molecule has 2 heterocycles. The van der Waals surface area contributed by atoms with Gasteiger partial charge in [0.05, 0.1) is 23.8 Å². The number of ether oxygens (including phenoxy) is 1. The molecule has 1 N–H and O–H groups in total. The van der Waals surface area contributed by atoms with E-state index < -0.39 is 29.4 Å². The summed E-state index contributed by atoms with van der Waals surface area (Å²) in [5, 5.41) is 14.0. The van der Waals surface area contributed by atoms with Gasteiger partial charge in [-0.25, -0.2) is 19.4 Å². The number of alkyl halides is 6. The molecule has 4 aromatic rings. The van der Waals surface area contributed by atoms with Crippen molar-refractivity contribution in [3.8, 4) is 28.7 Å². The molecule has 4 rings (SSSR count). The molecule has 0 aliphatic carbocycles. The van der Waals surface area contributed by atoms with E-state index in [1.165, 1.54) is 25.4 Å². The Hall–Kier alpha value is -4.68. The van der Waals surface area contributed by atoms with E-state index in [1.54, 1.807) is 0 Å². The maximum atomic E-state index is 13.0. The Balaban J connectivity index is 1.85. The molecule has 0 aliphatic heterocycles. The van der Waals surface area contributed by atoms with E-state index in [0.29, 0.717) is 0 Å². The highest BCUT2D eigenvalue weighted by molar-refractivity contribution is 6.19. The van der Waals surface area contributed by atoms with Crippen molar-refractivity contribution < 1.29 is 41.0 Å². The number of methoxy groups -OCH3 is 1. The number of aromatic nitrogens is 4. The molecular formula is C25H16F6N4O3. The van der Waals surface area contributed by atoms with Crippen molar-refractivity contribution in [1.29, 1.82) is 0 Å². The standard InChI is InChI=1S/C25H16F6N4O3/c1-38-20-11-6-16(12-32-20)19(23(36)37)13-35-22(15-4-9-18(10-5-15)25(29,30)31)33-21(34-35)14-2-7-17(8-3-14)24(26,27)28/h2-13H,1H3,(H,36,37)/b19-13+. The highest BCUT2D eigenvalue weighted by Gasteiger charge is 2.31. The van der Waals surface area contributed by atoms with Gasteiger partial charge in [-0.05, 0) is 30.3 Å². The molecule has 0 saturated carbocycles. The number of carboxylic acids is 1. The lowest BCUT2D eigenvalue weighted by Crippen LogP contribution is -2.05. The third-order valence-electron chi connectivity index (χ3n) is 5.31. The van der Waals surface area contributed by atoms with Gasteiger partial charge < -0.3 is 9.84 Å². The molecule has 2 aromatic carbocycles. The molecule has 0 radical (unpaired) electrons. The molecule has 196 valence electrons. The normalized spacial score (nSPS) is 12.4. The molecule has 0 spiro atoms. The number of hydrogen-bond donors (Lipinski definition) is 1. The van der Waals surface area contributed by atoms with Crippen LogP contribution in [0.4, 0.5) is 26.3 Å². The Morgan fingerprint density at radius 3 is 1.87 bits per heavy atom. The van der Waals surface area contributed by atoms with Gasteiger partial charge in [-0.1, -0.05) is 24.3 Å². The van der Waals surface area contributed by atoms with Gasteiger partial charge in [0.25, 0.3) is 0 Å². The summed E-state index contributed by atoms with van der Waals surface area (Å²) >= 11 is 0. The van der Waals surface area contributed by atoms with Crippen molar-refractivity contribution in [2.24, 2.45) is 0 Å². The SMILES string of the molecule is COc1ccc(/C(=C\n2nc(-c3ccc(C(F)(F)F)cc3)nc2-c2ccc(C(F)(F)F)cc2)C(=O)O)cn1. The molecule has 0 fully saturated rings. The summed E-state index contributed by atoms with van der Waals surface area (Å²) in [6.07, 6.45) is -6.83. The van der Waals surface area contributed by atoms with Crippen molar-refractivity contribution >= 4 is 17.7 Å². The van der Waals surface area contributed by atoms with Crippen LogP contribution in [0.15, 0.2) is 66.9 Å². The molecule has 0 bridgehead atoms. The quantitative estimate of drug-likeness (QED) is 0.236. The summed E-state index contributed by atoms with van der Waals surface area (Å²) in [5.74, 6) is -1.27. The van der Waals surface area contributed by atoms with Crippen LogP contribution in [-0.2, 0) is 17.1 Å². The van der Waals surface area contributed by atoms with E-state index in [4.69, 9.17) is 4.74 Å². The topological polar surface area (TPSA) is 90.1 Å². The molecule has 0 saturated heterocycles. The Morgan fingerprint density at radius 2 is 1.42 bits per heavy atom. The number of rotatable bonds is 6. The van der Waals surface area contributed by atoms with Gasteiger partial charge in [-0.15, -0.1) is 5.10 Å². The minimum atomic E-state index is -4.59. The summed E-state index contributed by atoms with van der Waals surface area (Å²) in [7, 11) is 1.38. The van der Waals surface area contributed by atoms with E-state index in [2.05, 4.69) is 15.1 Å². The number of hydrogen-bond acceptors (Lipinski definition) is 5. The molecule has 0 amide bonds. The zero-order valence-corrected chi connectivity index (χ0v) is 19.2. The number of halogens is 6. The number of carboxylic acid groups (broad SMARTS) is 1. The Labute approximate surface area is 210 Å². The zero-order chi connectivity index (χ0) is 27.7. The number of aliphatic carboxylic acids is 1. The first-order valence-electron chi connectivity index (χ1n) is 10.6. The van der Waals surface area contributed by atoms with Gasteiger partial charge in [-0.3, -0.25) is 0 Å². The van der Waals surface area contributed by atoms with E-state index in [0.717, 1.165) is 59.4 Å². The highest BCUT2D eigenvalue weighted by atomic mass is 19.4. The summed E-state index contributed by atoms with van der Waals surface area (Å²) < 4.78 is 84.0. The van der Waals surface area contributed by atoms with Gasteiger partial charge in [0.2, 0.25) is 5.88 Å². The fourth-order valence-electron chi connectivity index (χ4n) is 3.38. The fourth-order valence-corrected chi connectivity index (χ4v) is 3.38. The third-order valence-corrected chi connectivity index (χ3v) is 5.31. The molecule has 0 unspecified atom stereocenters. The zero-order valence-electron chi connectivity index (χ0n) is 19.2. The van der Waals surface area contributed by atoms with Crippen LogP contribution in [-0.4, -0.2) is 37.9 Å². The summed E-state index contributed by atoms with van der Waals surface area (Å²) in [5.41, 5.74) is -1.63. The average Bonchev–Trinajstić information content (AvgIpc) is 3.30. The summed E-state index contributed by atoms with van der Waals surface area (Å²) in [6, 6.07) is 10.7. The number of nitrogens with zero attached hydrogens (tertiary/aromatic N) is 4. The van der Waals surface area contributed by atoms with Crippen LogP contribution < -0.4 is 4.74 Å². The minimum Gasteiger partial charge on any atom is -0.481 e. The fraction of sp³-hybridized carbons (Fsp3) is 0.120. The van der Waals surface area contributed by atoms with Crippen molar-refractivity contribution in [1.82, 2.24) is 19.7 Å². The van der Waals surface area contributed by atoms with Gasteiger partial charge in [0, 0.05) is 35.2 Å². The van der Waals surface area contributed by atoms with E-state index >= 15 is 0 Å². The predicted molar refractivity (Wildman–Crippen MR) is 123 cm³/mol. The van der Waals surface area contributed by atoms with E-state index in [1.807, 2.05) is 0 Å². The van der Waals surface area contributed by atoms with Gasteiger partial charge in [-0.2, -0.15) is 26.3 Å². The smallest absolute Gasteiger partial charge is 0.416 e. The predicted octanol–water partition coefficient (Wildman–Crippen LogP) is 6.14. The van der Waals surface area contributed by atoms with Gasteiger partial charge >= 0.3 is 18.3 Å². The first-order chi connectivity index (χ1) is 17.9. The minimum absolute atomic E-state index is 0.0474. The van der Waals surface area contributed by atoms with Crippen molar-refractivity contribution in [2.45, 2.75) is 12.4 Å². The van der Waals surface area contributed by atoms with Crippen molar-refractivity contribution in [3.63, 3.8) is 0 Å². The Bertz CT molecular complexity index is 1470. The van der Waals surface area contributed by atoms with Crippen LogP contribution in [0.3, 0.4) is 0 Å². The first kappa shape index (κ1) is 26.4. The van der Waals surface area contributed by atoms with Crippen LogP contribution in [0.25, 0.3) is 34.5 Å². The maximum absolute atomic E-state index is 13.0. The molecule has 0 aliphatic rings. The lowest BCUT2D eigenvalue weighted by molar-refractivity contribution is -0.138. The Morgan fingerprint density at radius 1 is 0.868 bits per heavy atom. The molecule has 2 aromatic heterocycles. The van der Waals surface area contributed by atoms with Gasteiger partial charge in [0.1, 0.15) is 0 Å². The lowest BCUT2D eigenvalue weighted by Gasteiger charge is -2.08. The van der Waals surface area contributed by atoms with Crippen LogP contribution in [0.5, 0.6) is 5.88 Å². The third kappa shape index (κ3) is 5.66. The van der Waals surface area contributed by atoms with Crippen LogP contribution in [0.2, 0.25) is 0 Å². The molecule has 13 heteroatoms. The molecule has 0 atom stereocenters. The molecule has 38 heavy (non-hydrogen) atoms. The van der Waals surface area contributed by atoms with Crippen molar-refractivity contribution in [2.75, 3.05) is 7.11 Å². The second-order valence-corrected chi connectivity index (χ2v) is 7.79. The summed E-state index contributed by atoms with van der Waals surface area (Å²) in [4.78, 5) is 20.3. The number of carbonyl (C=O) groups is 1. The molecule has 7 nitrogen and oxygen atoms in total. The largest absolute Gasteiger partial charge is 0.481 e. The lowest BCUT2D eigenvalue weighted by atomic mass is 10.1. The van der Waals surface area contributed by atoms with Crippen LogP contribution in [0.1, 0.15) is 16.7 Å². The number of pyridine rings is 1. The second-order valence-electron chi connectivity index (χ2n) is 7.79. The van der Waals surface area contributed by atoms with Crippen LogP contribution >= 0.6 is 0 Å². The van der Waals surface area contributed by atoms with Crippen LogP contribution in [0, 0.1) is 0 Å². The Kier molecular flexibility index (Phi) is 6.94. The number of benzene rings is 2. The van der Waals surface area contributed by atoms with Gasteiger partial charge in [0.15, 0.2) is 11.6 Å². The maximum Gasteiger partial charge on any atom is 0.416 e. The first-order valence-corrected chi connectivity index (χ1v) is 10.6. The van der Waals surface area contributed by atoms with E-state index in [-0.39, 0.29) is 39.8 Å². The average molecular weight is 534 g/mol. The summed E-state index contributed by atoms with van der Waals surface area (Å²) in [6.45, 7) is 0. The van der Waals surface area contributed by atoms with Crippen molar-refractivity contribution in [3.05, 3.63) is 83.6 Å². The highest BCUT2D eigenvalue weighted by Crippen LogP contribution is 2.33. The molecular weight excluding hydrogens is 518 g/mol.